The Morgan fingerprint density at radius 1 is 0.923 bits per heavy atom. The van der Waals surface area contributed by atoms with Crippen molar-refractivity contribution in [2.24, 2.45) is 0 Å². The predicted molar refractivity (Wildman–Crippen MR) is 100 cm³/mol. The molecule has 0 amide bonds. The largest absolute Gasteiger partial charge is 0.478 e. The molecule has 5 nitrogen and oxygen atoms in total. The first-order valence-electron chi connectivity index (χ1n) is 8.22. The van der Waals surface area contributed by atoms with E-state index >= 15 is 0 Å². The zero-order chi connectivity index (χ0) is 18.1. The number of aromatic carboxylic acids is 1. The monoisotopic (exact) mass is 344 g/mol. The second kappa shape index (κ2) is 6.37. The number of nitrogens with zero attached hydrogens (tertiary/aromatic N) is 1. The van der Waals surface area contributed by atoms with Gasteiger partial charge in [0.2, 0.25) is 0 Å². The molecule has 0 aliphatic rings. The fourth-order valence-electron chi connectivity index (χ4n) is 3.07. The van der Waals surface area contributed by atoms with Gasteiger partial charge in [0, 0.05) is 0 Å². The number of aromatic nitrogens is 2. The molecule has 3 aromatic carbocycles. The Bertz CT molecular complexity index is 1140. The Morgan fingerprint density at radius 3 is 2.31 bits per heavy atom. The molecule has 0 radical (unpaired) electrons. The number of hydrogen-bond donors (Lipinski definition) is 2. The second-order valence-electron chi connectivity index (χ2n) is 6.12. The Balaban J connectivity index is 1.72. The molecule has 0 aliphatic heterocycles. The van der Waals surface area contributed by atoms with E-state index in [1.165, 1.54) is 0 Å². The molecule has 0 fully saturated rings. The number of benzene rings is 3. The summed E-state index contributed by atoms with van der Waals surface area (Å²) in [7, 11) is 0. The van der Waals surface area contributed by atoms with Gasteiger partial charge in [-0.25, -0.2) is 9.59 Å². The van der Waals surface area contributed by atoms with Gasteiger partial charge in [-0.3, -0.25) is 4.57 Å². The molecule has 1 heterocycles. The number of aromatic amines is 1. The summed E-state index contributed by atoms with van der Waals surface area (Å²) in [4.78, 5) is 26.2. The minimum Gasteiger partial charge on any atom is -0.478 e. The SMILES string of the molecule is O=C(O)c1ccc(-c2ccc3c(c2)[nH]c(=O)n3Cc2ccccc2)cc1. The third-order valence-corrected chi connectivity index (χ3v) is 4.42. The third kappa shape index (κ3) is 2.91. The number of imidazole rings is 1. The Morgan fingerprint density at radius 2 is 1.62 bits per heavy atom. The van der Waals surface area contributed by atoms with Gasteiger partial charge in [0.1, 0.15) is 0 Å². The number of rotatable bonds is 4. The van der Waals surface area contributed by atoms with Crippen molar-refractivity contribution in [1.82, 2.24) is 9.55 Å². The summed E-state index contributed by atoms with van der Waals surface area (Å²) in [6.07, 6.45) is 0. The molecule has 0 saturated heterocycles. The van der Waals surface area contributed by atoms with Crippen molar-refractivity contribution in [2.75, 3.05) is 0 Å². The Hall–Kier alpha value is -3.60. The van der Waals surface area contributed by atoms with Crippen molar-refractivity contribution in [2.45, 2.75) is 6.54 Å². The molecule has 26 heavy (non-hydrogen) atoms. The minimum atomic E-state index is -0.950. The number of nitrogens with one attached hydrogen (secondary N) is 1. The van der Waals surface area contributed by atoms with Crippen LogP contribution in [0.1, 0.15) is 15.9 Å². The molecule has 4 rings (SSSR count). The topological polar surface area (TPSA) is 75.1 Å². The maximum absolute atomic E-state index is 12.4. The van der Waals surface area contributed by atoms with E-state index in [0.29, 0.717) is 6.54 Å². The molecule has 5 heteroatoms. The van der Waals surface area contributed by atoms with Gasteiger partial charge in [-0.1, -0.05) is 48.5 Å². The number of carbonyl (C=O) groups is 1. The number of H-pyrrole nitrogens is 1. The highest BCUT2D eigenvalue weighted by Gasteiger charge is 2.09. The van der Waals surface area contributed by atoms with Crippen LogP contribution in [-0.2, 0) is 6.54 Å². The summed E-state index contributed by atoms with van der Waals surface area (Å²) in [6, 6.07) is 22.3. The van der Waals surface area contributed by atoms with E-state index in [1.54, 1.807) is 28.8 Å². The molecule has 4 aromatic rings. The van der Waals surface area contributed by atoms with Crippen LogP contribution in [-0.4, -0.2) is 20.6 Å². The molecule has 0 saturated carbocycles. The lowest BCUT2D eigenvalue weighted by Gasteiger charge is -2.05. The highest BCUT2D eigenvalue weighted by molar-refractivity contribution is 5.89. The zero-order valence-electron chi connectivity index (χ0n) is 13.8. The van der Waals surface area contributed by atoms with Gasteiger partial charge in [0.15, 0.2) is 0 Å². The van der Waals surface area contributed by atoms with Crippen LogP contribution in [0.5, 0.6) is 0 Å². The summed E-state index contributed by atoms with van der Waals surface area (Å²) in [6.45, 7) is 0.506. The molecule has 0 spiro atoms. The van der Waals surface area contributed by atoms with Gasteiger partial charge in [0.25, 0.3) is 0 Å². The molecule has 0 unspecified atom stereocenters. The van der Waals surface area contributed by atoms with Crippen LogP contribution in [0.4, 0.5) is 0 Å². The summed E-state index contributed by atoms with van der Waals surface area (Å²) in [5.74, 6) is -0.950. The molecule has 0 aliphatic carbocycles. The fourth-order valence-corrected chi connectivity index (χ4v) is 3.07. The quantitative estimate of drug-likeness (QED) is 0.592. The summed E-state index contributed by atoms with van der Waals surface area (Å²) in [5.41, 5.74) is 4.56. The van der Waals surface area contributed by atoms with Crippen molar-refractivity contribution in [3.05, 3.63) is 94.4 Å². The number of carboxylic acids is 1. The van der Waals surface area contributed by atoms with Crippen LogP contribution >= 0.6 is 0 Å². The van der Waals surface area contributed by atoms with Gasteiger partial charge in [-0.2, -0.15) is 0 Å². The van der Waals surface area contributed by atoms with Crippen LogP contribution < -0.4 is 5.69 Å². The maximum Gasteiger partial charge on any atom is 0.335 e. The molecule has 2 N–H and O–H groups in total. The minimum absolute atomic E-state index is 0.151. The summed E-state index contributed by atoms with van der Waals surface area (Å²) in [5, 5.41) is 9.00. The molecule has 128 valence electrons. The maximum atomic E-state index is 12.4. The van der Waals surface area contributed by atoms with Gasteiger partial charge in [0.05, 0.1) is 23.1 Å². The molecule has 0 bridgehead atoms. The Labute approximate surface area is 149 Å². The lowest BCUT2D eigenvalue weighted by atomic mass is 10.0. The molecular weight excluding hydrogens is 328 g/mol. The van der Waals surface area contributed by atoms with Crippen molar-refractivity contribution in [3.63, 3.8) is 0 Å². The van der Waals surface area contributed by atoms with Gasteiger partial charge < -0.3 is 10.1 Å². The van der Waals surface area contributed by atoms with Crippen LogP contribution in [0, 0.1) is 0 Å². The van der Waals surface area contributed by atoms with Crippen LogP contribution in [0.15, 0.2) is 77.6 Å². The van der Waals surface area contributed by atoms with Gasteiger partial charge in [-0.15, -0.1) is 0 Å². The van der Waals surface area contributed by atoms with Gasteiger partial charge in [-0.05, 0) is 41.0 Å². The first-order valence-corrected chi connectivity index (χ1v) is 8.22. The van der Waals surface area contributed by atoms with E-state index in [0.717, 1.165) is 27.7 Å². The average molecular weight is 344 g/mol. The molecule has 0 atom stereocenters. The highest BCUT2D eigenvalue weighted by Crippen LogP contribution is 2.24. The van der Waals surface area contributed by atoms with E-state index in [9.17, 15) is 9.59 Å². The van der Waals surface area contributed by atoms with Crippen molar-refractivity contribution in [1.29, 1.82) is 0 Å². The molecular formula is C21H16N2O3. The zero-order valence-corrected chi connectivity index (χ0v) is 13.8. The van der Waals surface area contributed by atoms with Crippen molar-refractivity contribution >= 4 is 17.0 Å². The van der Waals surface area contributed by atoms with E-state index in [2.05, 4.69) is 4.98 Å². The lowest BCUT2D eigenvalue weighted by Crippen LogP contribution is -2.17. The van der Waals surface area contributed by atoms with Crippen LogP contribution in [0.25, 0.3) is 22.2 Å². The predicted octanol–water partition coefficient (Wildman–Crippen LogP) is 3.74. The number of hydrogen-bond acceptors (Lipinski definition) is 2. The fraction of sp³-hybridized carbons (Fsp3) is 0.0476. The van der Waals surface area contributed by atoms with Crippen LogP contribution in [0.3, 0.4) is 0 Å². The Kier molecular flexibility index (Phi) is 3.89. The van der Waals surface area contributed by atoms with Crippen molar-refractivity contribution in [3.8, 4) is 11.1 Å². The van der Waals surface area contributed by atoms with E-state index in [4.69, 9.17) is 5.11 Å². The normalized spacial score (nSPS) is 10.9. The van der Waals surface area contributed by atoms with E-state index in [-0.39, 0.29) is 11.3 Å². The first-order chi connectivity index (χ1) is 12.6. The smallest absolute Gasteiger partial charge is 0.335 e. The summed E-state index contributed by atoms with van der Waals surface area (Å²) < 4.78 is 1.71. The highest BCUT2D eigenvalue weighted by atomic mass is 16.4. The lowest BCUT2D eigenvalue weighted by molar-refractivity contribution is 0.0697. The average Bonchev–Trinajstić information content (AvgIpc) is 2.97. The first kappa shape index (κ1) is 15.9. The number of carboxylic acid groups (broad SMARTS) is 1. The van der Waals surface area contributed by atoms with E-state index in [1.807, 2.05) is 48.5 Å². The number of fused-ring (bicyclic) bond motifs is 1. The third-order valence-electron chi connectivity index (χ3n) is 4.42. The standard InChI is InChI=1S/C21H16N2O3/c24-20(25)16-8-6-15(7-9-16)17-10-11-19-18(12-17)22-21(26)23(19)13-14-4-2-1-3-5-14/h1-12H,13H2,(H,22,26)(H,24,25). The van der Waals surface area contributed by atoms with Crippen molar-refractivity contribution < 1.29 is 9.90 Å². The van der Waals surface area contributed by atoms with Gasteiger partial charge >= 0.3 is 11.7 Å². The summed E-state index contributed by atoms with van der Waals surface area (Å²) >= 11 is 0. The van der Waals surface area contributed by atoms with Crippen LogP contribution in [0.2, 0.25) is 0 Å². The molecule has 1 aromatic heterocycles. The second-order valence-corrected chi connectivity index (χ2v) is 6.12. The van der Waals surface area contributed by atoms with E-state index < -0.39 is 5.97 Å².